The van der Waals surface area contributed by atoms with E-state index in [1.54, 1.807) is 0 Å². The van der Waals surface area contributed by atoms with Crippen molar-refractivity contribution in [3.63, 3.8) is 0 Å². The largest absolute Gasteiger partial charge is 0.342 e. The van der Waals surface area contributed by atoms with Gasteiger partial charge in [0.05, 0.1) is 0 Å². The highest BCUT2D eigenvalue weighted by atomic mass is 35.5. The molecule has 1 atom stereocenters. The van der Waals surface area contributed by atoms with E-state index in [-0.39, 0.29) is 17.8 Å². The molecule has 5 heteroatoms. The number of benzene rings is 1. The molecule has 1 aliphatic heterocycles. The van der Waals surface area contributed by atoms with Gasteiger partial charge < -0.3 is 10.6 Å². The van der Waals surface area contributed by atoms with E-state index in [1.807, 2.05) is 11.8 Å². The SMILES string of the molecule is Cl.NCC1(CC(=O)N2CCC(CSc3ccccc3)C2)CCCCC1. The van der Waals surface area contributed by atoms with Gasteiger partial charge in [0.25, 0.3) is 0 Å². The van der Waals surface area contributed by atoms with Crippen molar-refractivity contribution in [1.29, 1.82) is 0 Å². The lowest BCUT2D eigenvalue weighted by Gasteiger charge is -2.36. The van der Waals surface area contributed by atoms with E-state index in [4.69, 9.17) is 5.73 Å². The molecule has 0 bridgehead atoms. The smallest absolute Gasteiger partial charge is 0.223 e. The summed E-state index contributed by atoms with van der Waals surface area (Å²) in [5.74, 6) is 2.07. The van der Waals surface area contributed by atoms with Crippen molar-refractivity contribution in [2.75, 3.05) is 25.4 Å². The monoisotopic (exact) mass is 382 g/mol. The van der Waals surface area contributed by atoms with Crippen LogP contribution in [0.1, 0.15) is 44.9 Å². The number of likely N-dealkylation sites (tertiary alicyclic amines) is 1. The number of thioether (sulfide) groups is 1. The highest BCUT2D eigenvalue weighted by Crippen LogP contribution is 2.39. The summed E-state index contributed by atoms with van der Waals surface area (Å²) in [6.45, 7) is 2.53. The van der Waals surface area contributed by atoms with Crippen LogP contribution >= 0.6 is 24.2 Å². The van der Waals surface area contributed by atoms with Crippen molar-refractivity contribution in [2.45, 2.75) is 49.8 Å². The van der Waals surface area contributed by atoms with E-state index in [2.05, 4.69) is 35.2 Å². The van der Waals surface area contributed by atoms with Crippen molar-refractivity contribution < 1.29 is 4.79 Å². The summed E-state index contributed by atoms with van der Waals surface area (Å²) in [6.07, 6.45) is 7.86. The van der Waals surface area contributed by atoms with Crippen LogP contribution in [-0.2, 0) is 4.79 Å². The van der Waals surface area contributed by atoms with Gasteiger partial charge in [0.2, 0.25) is 5.91 Å². The van der Waals surface area contributed by atoms with Crippen LogP contribution in [0.25, 0.3) is 0 Å². The Hall–Kier alpha value is -0.710. The Kier molecular flexibility index (Phi) is 8.11. The number of nitrogens with zero attached hydrogens (tertiary/aromatic N) is 1. The topological polar surface area (TPSA) is 46.3 Å². The van der Waals surface area contributed by atoms with Crippen LogP contribution in [0, 0.1) is 11.3 Å². The predicted octanol–water partition coefficient (Wildman–Crippen LogP) is 4.35. The van der Waals surface area contributed by atoms with E-state index < -0.39 is 0 Å². The lowest BCUT2D eigenvalue weighted by Crippen LogP contribution is -2.40. The average molecular weight is 383 g/mol. The number of amides is 1. The number of rotatable bonds is 6. The maximum atomic E-state index is 12.8. The molecule has 1 heterocycles. The van der Waals surface area contributed by atoms with E-state index in [0.29, 0.717) is 24.8 Å². The normalized spacial score (nSPS) is 22.4. The molecule has 25 heavy (non-hydrogen) atoms. The third-order valence-corrected chi connectivity index (χ3v) is 6.98. The standard InChI is InChI=1S/C20H30N2OS.ClH/c21-16-20(10-5-2-6-11-20)13-19(23)22-12-9-17(14-22)15-24-18-7-3-1-4-8-18;/h1,3-4,7-8,17H,2,5-6,9-16,21H2;1H. The minimum atomic E-state index is 0. The van der Waals surface area contributed by atoms with Crippen LogP contribution in [-0.4, -0.2) is 36.2 Å². The first-order valence-corrected chi connectivity index (χ1v) is 10.4. The molecule has 1 aromatic rings. The fraction of sp³-hybridized carbons (Fsp3) is 0.650. The maximum absolute atomic E-state index is 12.8. The molecule has 0 spiro atoms. The van der Waals surface area contributed by atoms with E-state index in [9.17, 15) is 4.79 Å². The molecule has 2 aliphatic rings. The molecule has 2 fully saturated rings. The molecule has 1 aromatic carbocycles. The molecular formula is C20H31ClN2OS. The van der Waals surface area contributed by atoms with Gasteiger partial charge in [-0.1, -0.05) is 37.5 Å². The second-order valence-corrected chi connectivity index (χ2v) is 8.65. The zero-order valence-corrected chi connectivity index (χ0v) is 16.6. The molecular weight excluding hydrogens is 352 g/mol. The molecule has 1 amide bonds. The fourth-order valence-electron chi connectivity index (χ4n) is 4.11. The van der Waals surface area contributed by atoms with E-state index in [0.717, 1.165) is 38.1 Å². The first-order valence-electron chi connectivity index (χ1n) is 9.36. The molecule has 3 rings (SSSR count). The maximum Gasteiger partial charge on any atom is 0.223 e. The summed E-state index contributed by atoms with van der Waals surface area (Å²) < 4.78 is 0. The Labute approximate surface area is 162 Å². The van der Waals surface area contributed by atoms with Crippen molar-refractivity contribution in [3.8, 4) is 0 Å². The van der Waals surface area contributed by atoms with Gasteiger partial charge in [-0.15, -0.1) is 24.2 Å². The van der Waals surface area contributed by atoms with Gasteiger partial charge in [0, 0.05) is 30.2 Å². The third kappa shape index (κ3) is 5.63. The number of halogens is 1. The van der Waals surface area contributed by atoms with Crippen molar-refractivity contribution in [2.24, 2.45) is 17.1 Å². The first-order chi connectivity index (χ1) is 11.7. The molecule has 0 radical (unpaired) electrons. The Balaban J connectivity index is 0.00000225. The summed E-state index contributed by atoms with van der Waals surface area (Å²) >= 11 is 1.91. The molecule has 140 valence electrons. The predicted molar refractivity (Wildman–Crippen MR) is 108 cm³/mol. The summed E-state index contributed by atoms with van der Waals surface area (Å²) in [5.41, 5.74) is 6.14. The molecule has 3 nitrogen and oxygen atoms in total. The summed E-state index contributed by atoms with van der Waals surface area (Å²) in [5, 5.41) is 0. The second-order valence-electron chi connectivity index (χ2n) is 7.56. The first kappa shape index (κ1) is 20.6. The van der Waals surface area contributed by atoms with Crippen molar-refractivity contribution in [3.05, 3.63) is 30.3 Å². The van der Waals surface area contributed by atoms with Crippen LogP contribution < -0.4 is 5.73 Å². The van der Waals surface area contributed by atoms with Crippen LogP contribution in [0.3, 0.4) is 0 Å². The van der Waals surface area contributed by atoms with Gasteiger partial charge in [-0.25, -0.2) is 0 Å². The number of nitrogens with two attached hydrogens (primary N) is 1. The zero-order chi connectivity index (χ0) is 16.8. The van der Waals surface area contributed by atoms with Gasteiger partial charge in [0.15, 0.2) is 0 Å². The van der Waals surface area contributed by atoms with Gasteiger partial charge in [-0.05, 0) is 49.3 Å². The van der Waals surface area contributed by atoms with Crippen LogP contribution in [0.2, 0.25) is 0 Å². The van der Waals surface area contributed by atoms with Gasteiger partial charge in [-0.3, -0.25) is 4.79 Å². The molecule has 1 saturated carbocycles. The van der Waals surface area contributed by atoms with E-state index in [1.165, 1.54) is 24.2 Å². The molecule has 1 saturated heterocycles. The quantitative estimate of drug-likeness (QED) is 0.744. The van der Waals surface area contributed by atoms with Gasteiger partial charge >= 0.3 is 0 Å². The lowest BCUT2D eigenvalue weighted by molar-refractivity contribution is -0.133. The Morgan fingerprint density at radius 2 is 1.92 bits per heavy atom. The fourth-order valence-corrected chi connectivity index (χ4v) is 5.16. The molecule has 1 unspecified atom stereocenters. The third-order valence-electron chi connectivity index (χ3n) is 5.74. The van der Waals surface area contributed by atoms with Crippen molar-refractivity contribution >= 4 is 30.1 Å². The Morgan fingerprint density at radius 1 is 1.20 bits per heavy atom. The van der Waals surface area contributed by atoms with Gasteiger partial charge in [-0.2, -0.15) is 0 Å². The minimum absolute atomic E-state index is 0. The number of carbonyl (C=O) groups is 1. The van der Waals surface area contributed by atoms with Gasteiger partial charge in [0.1, 0.15) is 0 Å². The number of hydrogen-bond donors (Lipinski definition) is 1. The second kappa shape index (κ2) is 9.84. The summed E-state index contributed by atoms with van der Waals surface area (Å²) in [6, 6.07) is 10.6. The lowest BCUT2D eigenvalue weighted by atomic mass is 9.71. The minimum Gasteiger partial charge on any atom is -0.342 e. The Bertz CT molecular complexity index is 534. The molecule has 2 N–H and O–H groups in total. The van der Waals surface area contributed by atoms with Crippen LogP contribution in [0.4, 0.5) is 0 Å². The van der Waals surface area contributed by atoms with Crippen LogP contribution in [0.5, 0.6) is 0 Å². The number of hydrogen-bond acceptors (Lipinski definition) is 3. The van der Waals surface area contributed by atoms with Crippen molar-refractivity contribution in [1.82, 2.24) is 4.90 Å². The number of carbonyl (C=O) groups excluding carboxylic acids is 1. The molecule has 1 aliphatic carbocycles. The highest BCUT2D eigenvalue weighted by Gasteiger charge is 2.36. The summed E-state index contributed by atoms with van der Waals surface area (Å²) in [4.78, 5) is 16.2. The summed E-state index contributed by atoms with van der Waals surface area (Å²) in [7, 11) is 0. The molecule has 0 aromatic heterocycles. The Morgan fingerprint density at radius 3 is 2.60 bits per heavy atom. The van der Waals surface area contributed by atoms with E-state index >= 15 is 0 Å². The van der Waals surface area contributed by atoms with Crippen LogP contribution in [0.15, 0.2) is 35.2 Å². The highest BCUT2D eigenvalue weighted by molar-refractivity contribution is 7.99. The zero-order valence-electron chi connectivity index (χ0n) is 15.0. The average Bonchev–Trinajstić information content (AvgIpc) is 3.11.